The number of hydrogen-bond acceptors (Lipinski definition) is 0. The largest absolute Gasteiger partial charge is 0.0654 e. The van der Waals surface area contributed by atoms with Crippen molar-refractivity contribution in [3.05, 3.63) is 0 Å². The highest BCUT2D eigenvalue weighted by molar-refractivity contribution is 6.62. The molecule has 0 aromatic carbocycles. The van der Waals surface area contributed by atoms with Gasteiger partial charge in [-0.1, -0.05) is 90.0 Å². The molecule has 2 saturated carbocycles. The van der Waals surface area contributed by atoms with Gasteiger partial charge in [0.25, 0.3) is 0 Å². The molecule has 0 bridgehead atoms. The molecule has 0 heterocycles. The molecule has 1 heteroatoms. The van der Waals surface area contributed by atoms with E-state index in [0.717, 1.165) is 0 Å². The van der Waals surface area contributed by atoms with Gasteiger partial charge in [0.15, 0.2) is 0 Å². The van der Waals surface area contributed by atoms with Crippen LogP contribution in [0.25, 0.3) is 0 Å². The van der Waals surface area contributed by atoms with Crippen molar-refractivity contribution in [1.29, 1.82) is 0 Å². The molecule has 0 aromatic rings. The predicted molar refractivity (Wildman–Crippen MR) is 80.5 cm³/mol. The molecule has 0 radical (unpaired) electrons. The lowest BCUT2D eigenvalue weighted by molar-refractivity contribution is 0.681. The van der Waals surface area contributed by atoms with Crippen LogP contribution in [0.3, 0.4) is 0 Å². The fourth-order valence-corrected chi connectivity index (χ4v) is 9.56. The highest BCUT2D eigenvalue weighted by Crippen LogP contribution is 2.45. The molecule has 0 saturated heterocycles. The normalized spacial score (nSPS) is 22.9. The van der Waals surface area contributed by atoms with Crippen molar-refractivity contribution in [3.8, 4) is 0 Å². The SMILES string of the molecule is CCCCCC[SiH](C1CCCC1)C1CCCC1. The summed E-state index contributed by atoms with van der Waals surface area (Å²) in [4.78, 5) is 0. The fourth-order valence-electron chi connectivity index (χ4n) is 4.43. The molecular weight excluding hydrogens is 220 g/mol. The predicted octanol–water partition coefficient (Wildman–Crippen LogP) is 5.68. The smallest absolute Gasteiger partial charge is 0.0430 e. The monoisotopic (exact) mass is 252 g/mol. The second-order valence-electron chi connectivity index (χ2n) is 6.60. The lowest BCUT2D eigenvalue weighted by atomic mass is 10.2. The number of hydrogen-bond donors (Lipinski definition) is 0. The molecule has 2 aliphatic carbocycles. The van der Waals surface area contributed by atoms with Gasteiger partial charge in [-0.25, -0.2) is 0 Å². The Morgan fingerprint density at radius 1 is 0.765 bits per heavy atom. The molecule has 2 rings (SSSR count). The van der Waals surface area contributed by atoms with E-state index in [2.05, 4.69) is 6.92 Å². The summed E-state index contributed by atoms with van der Waals surface area (Å²) in [5, 5.41) is 0. The Hall–Kier alpha value is 0.217. The Morgan fingerprint density at radius 3 is 1.76 bits per heavy atom. The molecule has 100 valence electrons. The molecule has 0 aromatic heterocycles. The second kappa shape index (κ2) is 7.61. The first-order valence-electron chi connectivity index (χ1n) is 8.42. The van der Waals surface area contributed by atoms with E-state index >= 15 is 0 Å². The second-order valence-corrected chi connectivity index (χ2v) is 10.4. The van der Waals surface area contributed by atoms with Crippen LogP contribution in [0.4, 0.5) is 0 Å². The zero-order chi connectivity index (χ0) is 11.9. The van der Waals surface area contributed by atoms with Crippen LogP contribution in [-0.2, 0) is 0 Å². The summed E-state index contributed by atoms with van der Waals surface area (Å²) in [6, 6.07) is 1.70. The average molecular weight is 253 g/mol. The maximum absolute atomic E-state index is 2.34. The highest BCUT2D eigenvalue weighted by atomic mass is 28.3. The lowest BCUT2D eigenvalue weighted by Gasteiger charge is -2.27. The standard InChI is InChI=1S/C16H32Si/c1-2-3-4-9-14-17(15-10-5-6-11-15)16-12-7-8-13-16/h15-17H,2-14H2,1H3. The van der Waals surface area contributed by atoms with E-state index in [1.54, 1.807) is 63.8 Å². The zero-order valence-corrected chi connectivity index (χ0v) is 13.1. The minimum absolute atomic E-state index is 0.381. The van der Waals surface area contributed by atoms with Gasteiger partial charge in [0.2, 0.25) is 0 Å². The van der Waals surface area contributed by atoms with Crippen molar-refractivity contribution in [2.45, 2.75) is 101 Å². The third-order valence-corrected chi connectivity index (χ3v) is 10.2. The Morgan fingerprint density at radius 2 is 1.29 bits per heavy atom. The average Bonchev–Trinajstić information content (AvgIpc) is 3.02. The van der Waals surface area contributed by atoms with Gasteiger partial charge >= 0.3 is 0 Å². The Kier molecular flexibility index (Phi) is 6.11. The van der Waals surface area contributed by atoms with Gasteiger partial charge in [0, 0.05) is 8.80 Å². The molecule has 0 aliphatic heterocycles. The van der Waals surface area contributed by atoms with E-state index in [1.807, 2.05) is 0 Å². The Labute approximate surface area is 110 Å². The van der Waals surface area contributed by atoms with Gasteiger partial charge in [-0.15, -0.1) is 0 Å². The van der Waals surface area contributed by atoms with Crippen LogP contribution in [0.2, 0.25) is 17.1 Å². The maximum atomic E-state index is 2.34. The van der Waals surface area contributed by atoms with E-state index < -0.39 is 0 Å². The van der Waals surface area contributed by atoms with Crippen molar-refractivity contribution < 1.29 is 0 Å². The van der Waals surface area contributed by atoms with Crippen LogP contribution < -0.4 is 0 Å². The number of unbranched alkanes of at least 4 members (excludes halogenated alkanes) is 3. The van der Waals surface area contributed by atoms with Gasteiger partial charge in [0.05, 0.1) is 0 Å². The van der Waals surface area contributed by atoms with Crippen LogP contribution in [0.5, 0.6) is 0 Å². The van der Waals surface area contributed by atoms with Crippen LogP contribution >= 0.6 is 0 Å². The molecule has 0 unspecified atom stereocenters. The summed E-state index contributed by atoms with van der Waals surface area (Å²) in [5.41, 5.74) is 2.53. The quantitative estimate of drug-likeness (QED) is 0.404. The molecule has 0 atom stereocenters. The van der Waals surface area contributed by atoms with E-state index in [0.29, 0.717) is 0 Å². The highest BCUT2D eigenvalue weighted by Gasteiger charge is 2.33. The zero-order valence-electron chi connectivity index (χ0n) is 11.9. The van der Waals surface area contributed by atoms with Crippen molar-refractivity contribution in [2.75, 3.05) is 0 Å². The van der Waals surface area contributed by atoms with Gasteiger partial charge in [-0.2, -0.15) is 0 Å². The number of rotatable bonds is 7. The first-order chi connectivity index (χ1) is 8.42. The summed E-state index contributed by atoms with van der Waals surface area (Å²) in [7, 11) is -0.381. The Balaban J connectivity index is 1.78. The first-order valence-corrected chi connectivity index (χ1v) is 10.6. The fraction of sp³-hybridized carbons (Fsp3) is 1.00. The van der Waals surface area contributed by atoms with Gasteiger partial charge in [-0.05, 0) is 11.1 Å². The minimum Gasteiger partial charge on any atom is -0.0654 e. The third kappa shape index (κ3) is 4.12. The third-order valence-electron chi connectivity index (χ3n) is 5.40. The molecule has 0 N–H and O–H groups in total. The molecule has 17 heavy (non-hydrogen) atoms. The van der Waals surface area contributed by atoms with E-state index in [9.17, 15) is 0 Å². The topological polar surface area (TPSA) is 0 Å². The summed E-state index contributed by atoms with van der Waals surface area (Å²) in [5.74, 6) is 0. The van der Waals surface area contributed by atoms with E-state index in [-0.39, 0.29) is 8.80 Å². The minimum atomic E-state index is -0.381. The summed E-state index contributed by atoms with van der Waals surface area (Å²) in [6.45, 7) is 2.34. The van der Waals surface area contributed by atoms with Crippen molar-refractivity contribution in [1.82, 2.24) is 0 Å². The van der Waals surface area contributed by atoms with E-state index in [4.69, 9.17) is 0 Å². The van der Waals surface area contributed by atoms with Crippen molar-refractivity contribution in [3.63, 3.8) is 0 Å². The first kappa shape index (κ1) is 13.6. The van der Waals surface area contributed by atoms with Crippen LogP contribution in [-0.4, -0.2) is 8.80 Å². The molecule has 0 nitrogen and oxygen atoms in total. The molecule has 2 fully saturated rings. The summed E-state index contributed by atoms with van der Waals surface area (Å²) in [6.07, 6.45) is 18.8. The Bertz CT molecular complexity index is 174. The van der Waals surface area contributed by atoms with E-state index in [1.165, 1.54) is 30.3 Å². The molecular formula is C16H32Si. The van der Waals surface area contributed by atoms with Crippen molar-refractivity contribution in [2.24, 2.45) is 0 Å². The van der Waals surface area contributed by atoms with Crippen LogP contribution in [0.15, 0.2) is 0 Å². The van der Waals surface area contributed by atoms with Crippen molar-refractivity contribution >= 4 is 8.80 Å². The van der Waals surface area contributed by atoms with Gasteiger partial charge < -0.3 is 0 Å². The van der Waals surface area contributed by atoms with Crippen LogP contribution in [0.1, 0.15) is 84.0 Å². The van der Waals surface area contributed by atoms with Gasteiger partial charge in [0.1, 0.15) is 0 Å². The summed E-state index contributed by atoms with van der Waals surface area (Å²) >= 11 is 0. The molecule has 0 amide bonds. The molecule has 0 spiro atoms. The lowest BCUT2D eigenvalue weighted by Crippen LogP contribution is -2.24. The summed E-state index contributed by atoms with van der Waals surface area (Å²) < 4.78 is 0. The molecule has 2 aliphatic rings. The maximum Gasteiger partial charge on any atom is 0.0430 e. The van der Waals surface area contributed by atoms with Crippen LogP contribution in [0, 0.1) is 0 Å². The van der Waals surface area contributed by atoms with Gasteiger partial charge in [-0.3, -0.25) is 0 Å².